The van der Waals surface area contributed by atoms with Crippen LogP contribution in [0, 0.1) is 5.92 Å². The van der Waals surface area contributed by atoms with E-state index in [0.29, 0.717) is 6.54 Å². The van der Waals surface area contributed by atoms with Gasteiger partial charge in [-0.05, 0) is 6.42 Å². The minimum atomic E-state index is -0.869. The molecule has 2 atom stereocenters. The fourth-order valence-corrected chi connectivity index (χ4v) is 2.35. The lowest BCUT2D eigenvalue weighted by molar-refractivity contribution is -0.147. The molecule has 1 aliphatic heterocycles. The Morgan fingerprint density at radius 3 is 2.60 bits per heavy atom. The zero-order valence-corrected chi connectivity index (χ0v) is 12.4. The van der Waals surface area contributed by atoms with Gasteiger partial charge in [0.1, 0.15) is 6.04 Å². The molecule has 1 heterocycles. The monoisotopic (exact) mass is 283 g/mol. The van der Waals surface area contributed by atoms with E-state index in [1.165, 1.54) is 0 Å². The molecule has 0 aromatic carbocycles. The second-order valence-corrected chi connectivity index (χ2v) is 5.31. The van der Waals surface area contributed by atoms with E-state index in [9.17, 15) is 14.4 Å². The fourth-order valence-electron chi connectivity index (χ4n) is 2.35. The molecular weight excluding hydrogens is 258 g/mol. The van der Waals surface area contributed by atoms with Crippen LogP contribution in [0.5, 0.6) is 0 Å². The van der Waals surface area contributed by atoms with Crippen LogP contribution in [0.1, 0.15) is 46.0 Å². The van der Waals surface area contributed by atoms with Crippen molar-refractivity contribution in [1.29, 1.82) is 0 Å². The molecule has 2 unspecified atom stereocenters. The number of amides is 3. The van der Waals surface area contributed by atoms with Gasteiger partial charge in [0, 0.05) is 25.4 Å². The number of carbonyl (C=O) groups is 3. The third kappa shape index (κ3) is 4.03. The van der Waals surface area contributed by atoms with E-state index in [2.05, 4.69) is 12.2 Å². The molecule has 0 spiro atoms. The van der Waals surface area contributed by atoms with Gasteiger partial charge in [-0.1, -0.05) is 33.1 Å². The molecule has 0 aromatic heterocycles. The normalized spacial score (nSPS) is 20.4. The highest BCUT2D eigenvalue weighted by Crippen LogP contribution is 2.21. The average Bonchev–Trinajstić information content (AvgIpc) is 2.66. The van der Waals surface area contributed by atoms with E-state index in [4.69, 9.17) is 5.73 Å². The summed E-state index contributed by atoms with van der Waals surface area (Å²) in [5.41, 5.74) is 5.57. The summed E-state index contributed by atoms with van der Waals surface area (Å²) in [6.45, 7) is 4.33. The van der Waals surface area contributed by atoms with Crippen LogP contribution < -0.4 is 11.1 Å². The Balaban J connectivity index is 2.51. The molecule has 0 aliphatic carbocycles. The van der Waals surface area contributed by atoms with Gasteiger partial charge in [0.15, 0.2) is 0 Å². The van der Waals surface area contributed by atoms with Crippen LogP contribution in [0.2, 0.25) is 0 Å². The van der Waals surface area contributed by atoms with Crippen LogP contribution in [0.4, 0.5) is 0 Å². The highest BCUT2D eigenvalue weighted by Gasteiger charge is 2.42. The average molecular weight is 283 g/mol. The Bertz CT molecular complexity index is 371. The Labute approximate surface area is 120 Å². The van der Waals surface area contributed by atoms with Crippen molar-refractivity contribution in [2.24, 2.45) is 11.7 Å². The highest BCUT2D eigenvalue weighted by atomic mass is 16.2. The lowest BCUT2D eigenvalue weighted by Gasteiger charge is -2.24. The van der Waals surface area contributed by atoms with Crippen molar-refractivity contribution in [3.05, 3.63) is 0 Å². The minimum Gasteiger partial charge on any atom is -0.354 e. The van der Waals surface area contributed by atoms with Crippen molar-refractivity contribution in [3.8, 4) is 0 Å². The molecule has 1 fully saturated rings. The van der Waals surface area contributed by atoms with Gasteiger partial charge < -0.3 is 11.1 Å². The van der Waals surface area contributed by atoms with Gasteiger partial charge in [-0.2, -0.15) is 0 Å². The van der Waals surface area contributed by atoms with E-state index in [0.717, 1.165) is 30.6 Å². The number of hydrogen-bond acceptors (Lipinski definition) is 4. The number of nitrogens with one attached hydrogen (secondary N) is 1. The van der Waals surface area contributed by atoms with Crippen molar-refractivity contribution < 1.29 is 14.4 Å². The maximum absolute atomic E-state index is 12.1. The van der Waals surface area contributed by atoms with Crippen molar-refractivity contribution >= 4 is 17.7 Å². The zero-order chi connectivity index (χ0) is 15.1. The second-order valence-electron chi connectivity index (χ2n) is 5.31. The van der Waals surface area contributed by atoms with Crippen LogP contribution in [0.3, 0.4) is 0 Å². The number of likely N-dealkylation sites (tertiary alicyclic amines) is 1. The summed E-state index contributed by atoms with van der Waals surface area (Å²) in [6.07, 6.45) is 4.39. The van der Waals surface area contributed by atoms with Crippen molar-refractivity contribution in [1.82, 2.24) is 10.2 Å². The van der Waals surface area contributed by atoms with Gasteiger partial charge >= 0.3 is 0 Å². The molecule has 0 saturated carbocycles. The Kier molecular flexibility index (Phi) is 6.64. The molecule has 0 bridgehead atoms. The summed E-state index contributed by atoms with van der Waals surface area (Å²) in [7, 11) is 0. The molecule has 6 nitrogen and oxygen atoms in total. The van der Waals surface area contributed by atoms with E-state index in [1.807, 2.05) is 0 Å². The molecule has 3 amide bonds. The van der Waals surface area contributed by atoms with Crippen molar-refractivity contribution in [3.63, 3.8) is 0 Å². The van der Waals surface area contributed by atoms with Crippen LogP contribution in [-0.4, -0.2) is 41.8 Å². The van der Waals surface area contributed by atoms with E-state index in [-0.39, 0.29) is 36.6 Å². The quantitative estimate of drug-likeness (QED) is 0.498. The number of carbonyl (C=O) groups excluding carboxylic acids is 3. The van der Waals surface area contributed by atoms with Gasteiger partial charge in [-0.25, -0.2) is 0 Å². The molecule has 1 aliphatic rings. The molecule has 0 aromatic rings. The predicted molar refractivity (Wildman–Crippen MR) is 75.6 cm³/mol. The minimum absolute atomic E-state index is 0.0367. The third-order valence-electron chi connectivity index (χ3n) is 3.58. The van der Waals surface area contributed by atoms with Crippen molar-refractivity contribution in [2.75, 3.05) is 13.1 Å². The first-order chi connectivity index (χ1) is 9.52. The fraction of sp³-hybridized carbons (Fsp3) is 0.786. The Morgan fingerprint density at radius 2 is 2.10 bits per heavy atom. The molecule has 0 radical (unpaired) electrons. The van der Waals surface area contributed by atoms with Crippen LogP contribution in [0.25, 0.3) is 0 Å². The summed E-state index contributed by atoms with van der Waals surface area (Å²) >= 11 is 0. The van der Waals surface area contributed by atoms with Gasteiger partial charge in [-0.3, -0.25) is 19.3 Å². The van der Waals surface area contributed by atoms with Crippen LogP contribution >= 0.6 is 0 Å². The van der Waals surface area contributed by atoms with Gasteiger partial charge in [0.25, 0.3) is 0 Å². The summed E-state index contributed by atoms with van der Waals surface area (Å²) in [5.74, 6) is -1.29. The van der Waals surface area contributed by atoms with Crippen LogP contribution in [0.15, 0.2) is 0 Å². The molecule has 1 rings (SSSR count). The number of nitrogens with zero attached hydrogens (tertiary/aromatic N) is 1. The SMILES string of the molecule is CCCCCCNC(=O)C(CN)N1C(=O)CC(C)C1=O. The molecule has 3 N–H and O–H groups in total. The first-order valence-corrected chi connectivity index (χ1v) is 7.36. The number of unbranched alkanes of at least 4 members (excludes halogenated alkanes) is 3. The van der Waals surface area contributed by atoms with Crippen molar-refractivity contribution in [2.45, 2.75) is 52.0 Å². The van der Waals surface area contributed by atoms with Crippen LogP contribution in [-0.2, 0) is 14.4 Å². The maximum Gasteiger partial charge on any atom is 0.244 e. The Hall–Kier alpha value is -1.43. The number of rotatable bonds is 8. The topological polar surface area (TPSA) is 92.5 Å². The summed E-state index contributed by atoms with van der Waals surface area (Å²) in [4.78, 5) is 36.8. The lowest BCUT2D eigenvalue weighted by atomic mass is 10.1. The van der Waals surface area contributed by atoms with E-state index in [1.54, 1.807) is 6.92 Å². The standard InChI is InChI=1S/C14H25N3O3/c1-3-4-5-6-7-16-13(19)11(9-15)17-12(18)8-10(2)14(17)20/h10-11H,3-9,15H2,1-2H3,(H,16,19). The van der Waals surface area contributed by atoms with Gasteiger partial charge in [0.2, 0.25) is 17.7 Å². The molecule has 114 valence electrons. The number of nitrogens with two attached hydrogens (primary N) is 1. The molecule has 6 heteroatoms. The number of imide groups is 1. The first kappa shape index (κ1) is 16.6. The maximum atomic E-state index is 12.1. The zero-order valence-electron chi connectivity index (χ0n) is 12.4. The molecular formula is C14H25N3O3. The highest BCUT2D eigenvalue weighted by molar-refractivity contribution is 6.06. The summed E-state index contributed by atoms with van der Waals surface area (Å²) < 4.78 is 0. The lowest BCUT2D eigenvalue weighted by Crippen LogP contribution is -2.53. The second kappa shape index (κ2) is 7.99. The van der Waals surface area contributed by atoms with Gasteiger partial charge in [0.05, 0.1) is 0 Å². The van der Waals surface area contributed by atoms with E-state index < -0.39 is 6.04 Å². The van der Waals surface area contributed by atoms with E-state index >= 15 is 0 Å². The molecule has 1 saturated heterocycles. The number of hydrogen-bond donors (Lipinski definition) is 2. The Morgan fingerprint density at radius 1 is 1.40 bits per heavy atom. The smallest absolute Gasteiger partial charge is 0.244 e. The predicted octanol–water partition coefficient (Wildman–Crippen LogP) is 0.405. The largest absolute Gasteiger partial charge is 0.354 e. The van der Waals surface area contributed by atoms with Gasteiger partial charge in [-0.15, -0.1) is 0 Å². The summed E-state index contributed by atoms with van der Waals surface area (Å²) in [6, 6.07) is -0.869. The first-order valence-electron chi connectivity index (χ1n) is 7.36. The molecule has 20 heavy (non-hydrogen) atoms. The third-order valence-corrected chi connectivity index (χ3v) is 3.58. The summed E-state index contributed by atoms with van der Waals surface area (Å²) in [5, 5.41) is 2.76.